The molecule has 0 saturated carbocycles. The van der Waals surface area contributed by atoms with Gasteiger partial charge in [-0.05, 0) is 12.1 Å². The van der Waals surface area contributed by atoms with E-state index in [2.05, 4.69) is 27.8 Å². The highest BCUT2D eigenvalue weighted by Crippen LogP contribution is 2.20. The molecule has 0 saturated heterocycles. The van der Waals surface area contributed by atoms with Gasteiger partial charge >= 0.3 is 0 Å². The number of alkyl halides is 3. The molecule has 0 aliphatic carbocycles. The van der Waals surface area contributed by atoms with E-state index in [1.165, 1.54) is 24.3 Å². The molecule has 3 nitrogen and oxygen atoms in total. The SMILES string of the molecule is O=[N+]([O-])c1ccc(C#CCC(F)(F)CBr)cc1. The van der Waals surface area contributed by atoms with Gasteiger partial charge in [-0.25, -0.2) is 8.78 Å². The van der Waals surface area contributed by atoms with Gasteiger partial charge in [0.1, 0.15) is 0 Å². The molecule has 6 heteroatoms. The van der Waals surface area contributed by atoms with E-state index in [-0.39, 0.29) is 5.69 Å². The van der Waals surface area contributed by atoms with Gasteiger partial charge in [-0.1, -0.05) is 27.8 Å². The second kappa shape index (κ2) is 5.73. The maximum atomic E-state index is 12.8. The van der Waals surface area contributed by atoms with E-state index >= 15 is 0 Å². The van der Waals surface area contributed by atoms with Crippen molar-refractivity contribution in [3.63, 3.8) is 0 Å². The first-order valence-electron chi connectivity index (χ1n) is 4.62. The highest BCUT2D eigenvalue weighted by atomic mass is 79.9. The second-order valence-electron chi connectivity index (χ2n) is 3.27. The van der Waals surface area contributed by atoms with Crippen LogP contribution in [0.25, 0.3) is 0 Å². The first-order chi connectivity index (χ1) is 7.94. The van der Waals surface area contributed by atoms with Crippen LogP contribution in [0.1, 0.15) is 12.0 Å². The van der Waals surface area contributed by atoms with Crippen molar-refractivity contribution in [1.29, 1.82) is 0 Å². The van der Waals surface area contributed by atoms with Crippen molar-refractivity contribution in [2.45, 2.75) is 12.3 Å². The summed E-state index contributed by atoms with van der Waals surface area (Å²) in [7, 11) is 0. The quantitative estimate of drug-likeness (QED) is 0.372. The molecule has 0 spiro atoms. The smallest absolute Gasteiger partial charge is 0.258 e. The van der Waals surface area contributed by atoms with Crippen LogP contribution in [-0.4, -0.2) is 16.2 Å². The molecule has 1 aromatic rings. The first-order valence-corrected chi connectivity index (χ1v) is 5.74. The zero-order valence-electron chi connectivity index (χ0n) is 8.62. The Kier molecular flexibility index (Phi) is 4.58. The van der Waals surface area contributed by atoms with E-state index in [1.807, 2.05) is 0 Å². The predicted octanol–water partition coefficient (Wildman–Crippen LogP) is 3.37. The van der Waals surface area contributed by atoms with Crippen LogP contribution in [0, 0.1) is 22.0 Å². The van der Waals surface area contributed by atoms with Crippen molar-refractivity contribution in [2.75, 3.05) is 5.33 Å². The third-order valence-electron chi connectivity index (χ3n) is 1.85. The number of benzene rings is 1. The molecule has 0 radical (unpaired) electrons. The highest BCUT2D eigenvalue weighted by molar-refractivity contribution is 9.09. The number of halogens is 3. The molecule has 0 unspecified atom stereocenters. The maximum Gasteiger partial charge on any atom is 0.269 e. The lowest BCUT2D eigenvalue weighted by Gasteiger charge is -2.06. The van der Waals surface area contributed by atoms with Crippen LogP contribution in [0.4, 0.5) is 14.5 Å². The van der Waals surface area contributed by atoms with E-state index in [0.29, 0.717) is 5.56 Å². The van der Waals surface area contributed by atoms with E-state index in [0.717, 1.165) is 0 Å². The number of hydrogen-bond acceptors (Lipinski definition) is 2. The molecule has 0 N–H and O–H groups in total. The van der Waals surface area contributed by atoms with E-state index < -0.39 is 22.6 Å². The molecule has 0 aliphatic rings. The monoisotopic (exact) mass is 303 g/mol. The van der Waals surface area contributed by atoms with Crippen LogP contribution in [0.2, 0.25) is 0 Å². The Balaban J connectivity index is 2.70. The lowest BCUT2D eigenvalue weighted by Crippen LogP contribution is -2.16. The van der Waals surface area contributed by atoms with Crippen LogP contribution in [0.15, 0.2) is 24.3 Å². The molecule has 0 aromatic heterocycles. The van der Waals surface area contributed by atoms with Crippen LogP contribution in [0.5, 0.6) is 0 Å². The van der Waals surface area contributed by atoms with Crippen molar-refractivity contribution in [3.05, 3.63) is 39.9 Å². The van der Waals surface area contributed by atoms with Gasteiger partial charge in [0.15, 0.2) is 0 Å². The fourth-order valence-electron chi connectivity index (χ4n) is 0.989. The summed E-state index contributed by atoms with van der Waals surface area (Å²) >= 11 is 2.69. The molecule has 90 valence electrons. The Morgan fingerprint density at radius 3 is 2.41 bits per heavy atom. The van der Waals surface area contributed by atoms with Crippen molar-refractivity contribution < 1.29 is 13.7 Å². The van der Waals surface area contributed by atoms with Crippen molar-refractivity contribution in [2.24, 2.45) is 0 Å². The highest BCUT2D eigenvalue weighted by Gasteiger charge is 2.25. The molecule has 0 heterocycles. The molecule has 1 rings (SSSR count). The van der Waals surface area contributed by atoms with Gasteiger partial charge in [0.25, 0.3) is 11.6 Å². The van der Waals surface area contributed by atoms with Gasteiger partial charge in [-0.3, -0.25) is 10.1 Å². The fourth-order valence-corrected chi connectivity index (χ4v) is 1.19. The normalized spacial score (nSPS) is 10.5. The van der Waals surface area contributed by atoms with Gasteiger partial charge in [-0.15, -0.1) is 0 Å². The molecular formula is C11H8BrF2NO2. The topological polar surface area (TPSA) is 43.1 Å². The maximum absolute atomic E-state index is 12.8. The Labute approximate surface area is 105 Å². The van der Waals surface area contributed by atoms with Gasteiger partial charge < -0.3 is 0 Å². The van der Waals surface area contributed by atoms with Gasteiger partial charge in [-0.2, -0.15) is 0 Å². The summed E-state index contributed by atoms with van der Waals surface area (Å²) in [4.78, 5) is 9.83. The van der Waals surface area contributed by atoms with E-state index in [9.17, 15) is 18.9 Å². The van der Waals surface area contributed by atoms with Gasteiger partial charge in [0, 0.05) is 17.7 Å². The summed E-state index contributed by atoms with van der Waals surface area (Å²) in [6, 6.07) is 5.42. The lowest BCUT2D eigenvalue weighted by molar-refractivity contribution is -0.384. The van der Waals surface area contributed by atoms with Crippen molar-refractivity contribution in [3.8, 4) is 11.8 Å². The van der Waals surface area contributed by atoms with Gasteiger partial charge in [0.05, 0.1) is 16.7 Å². The average Bonchev–Trinajstić information content (AvgIpc) is 2.29. The summed E-state index contributed by atoms with van der Waals surface area (Å²) < 4.78 is 25.6. The van der Waals surface area contributed by atoms with E-state index in [1.54, 1.807) is 0 Å². The number of hydrogen-bond donors (Lipinski definition) is 0. The Morgan fingerprint density at radius 2 is 1.94 bits per heavy atom. The largest absolute Gasteiger partial charge is 0.269 e. The molecule has 0 bridgehead atoms. The molecule has 0 aliphatic heterocycles. The zero-order valence-corrected chi connectivity index (χ0v) is 10.2. The lowest BCUT2D eigenvalue weighted by atomic mass is 10.2. The summed E-state index contributed by atoms with van der Waals surface area (Å²) in [6.45, 7) is 0. The average molecular weight is 304 g/mol. The van der Waals surface area contributed by atoms with E-state index in [4.69, 9.17) is 0 Å². The Hall–Kier alpha value is -1.48. The molecule has 0 atom stereocenters. The molecule has 17 heavy (non-hydrogen) atoms. The third-order valence-corrected chi connectivity index (χ3v) is 2.67. The number of non-ortho nitro benzene ring substituents is 1. The Bertz CT molecular complexity index is 463. The number of rotatable bonds is 3. The van der Waals surface area contributed by atoms with Crippen molar-refractivity contribution in [1.82, 2.24) is 0 Å². The zero-order chi connectivity index (χ0) is 12.9. The third kappa shape index (κ3) is 4.49. The number of nitrogens with zero attached hydrogens (tertiary/aromatic N) is 1. The minimum Gasteiger partial charge on any atom is -0.258 e. The fraction of sp³-hybridized carbons (Fsp3) is 0.273. The minimum atomic E-state index is -2.85. The van der Waals surface area contributed by atoms with Crippen LogP contribution in [0.3, 0.4) is 0 Å². The van der Waals surface area contributed by atoms with Gasteiger partial charge in [0.2, 0.25) is 0 Å². The molecule has 1 aromatic carbocycles. The summed E-state index contributed by atoms with van der Waals surface area (Å²) in [5, 5.41) is 9.93. The minimum absolute atomic E-state index is 0.0543. The summed E-state index contributed by atoms with van der Waals surface area (Å²) in [5.41, 5.74) is 0.419. The molecule has 0 fully saturated rings. The Morgan fingerprint density at radius 1 is 1.35 bits per heavy atom. The standard InChI is InChI=1S/C11H8BrF2NO2/c12-8-11(13,14)7-1-2-9-3-5-10(6-4-9)15(16)17/h3-6H,7-8H2. The van der Waals surface area contributed by atoms with Crippen LogP contribution in [-0.2, 0) is 0 Å². The number of nitro benzene ring substituents is 1. The number of nitro groups is 1. The molecule has 0 amide bonds. The summed E-state index contributed by atoms with van der Waals surface area (Å²) in [6.07, 6.45) is -0.546. The summed E-state index contributed by atoms with van der Waals surface area (Å²) in [5.74, 6) is 2.02. The van der Waals surface area contributed by atoms with Crippen molar-refractivity contribution >= 4 is 21.6 Å². The second-order valence-corrected chi connectivity index (χ2v) is 3.83. The molecular weight excluding hydrogens is 296 g/mol. The van der Waals surface area contributed by atoms with Crippen LogP contribution >= 0.6 is 15.9 Å². The van der Waals surface area contributed by atoms with Crippen LogP contribution < -0.4 is 0 Å². The predicted molar refractivity (Wildman–Crippen MR) is 63.3 cm³/mol. The first kappa shape index (κ1) is 13.6.